The van der Waals surface area contributed by atoms with Crippen LogP contribution in [-0.4, -0.2) is 20.3 Å². The molecule has 0 spiro atoms. The minimum Gasteiger partial charge on any atom is -0.408 e. The molecule has 2 aliphatic carbocycles. The Hall–Kier alpha value is -0.795. The fourth-order valence-corrected chi connectivity index (χ4v) is 2.01. The Kier molecular flexibility index (Phi) is 3.12. The summed E-state index contributed by atoms with van der Waals surface area (Å²) in [6.07, 6.45) is 1.13. The molecule has 0 unspecified atom stereocenters. The van der Waals surface area contributed by atoms with Crippen LogP contribution in [0.25, 0.3) is 0 Å². The highest BCUT2D eigenvalue weighted by Crippen LogP contribution is 2.26. The van der Waals surface area contributed by atoms with Crippen molar-refractivity contribution in [3.05, 3.63) is 28.8 Å². The van der Waals surface area contributed by atoms with Gasteiger partial charge in [0.2, 0.25) is 0 Å². The van der Waals surface area contributed by atoms with Crippen LogP contribution in [0.4, 0.5) is 0 Å². The van der Waals surface area contributed by atoms with Gasteiger partial charge in [0.1, 0.15) is 0 Å². The predicted molar refractivity (Wildman–Crippen MR) is 62.6 cm³/mol. The molecule has 0 heterocycles. The van der Waals surface area contributed by atoms with Gasteiger partial charge in [-0.2, -0.15) is 0 Å². The second-order valence-corrected chi connectivity index (χ2v) is 3.88. The van der Waals surface area contributed by atoms with Crippen LogP contribution in [-0.2, 0) is 15.7 Å². The van der Waals surface area contributed by atoms with Gasteiger partial charge in [0.15, 0.2) is 0 Å². The fraction of sp³-hybridized carbons (Fsp3) is 0.500. The maximum absolute atomic E-state index is 5.57. The van der Waals surface area contributed by atoms with Crippen LogP contribution in [0, 0.1) is 6.92 Å². The first-order chi connectivity index (χ1) is 7.26. The first-order valence-electron chi connectivity index (χ1n) is 5.61. The molecule has 0 aliphatic heterocycles. The van der Waals surface area contributed by atoms with Crippen LogP contribution in [0.2, 0.25) is 0 Å². The van der Waals surface area contributed by atoms with Crippen molar-refractivity contribution in [3.63, 3.8) is 0 Å². The van der Waals surface area contributed by atoms with E-state index in [9.17, 15) is 0 Å². The number of fused-ring (bicyclic) bond motifs is 2. The summed E-state index contributed by atoms with van der Waals surface area (Å²) in [7, 11) is -0.182. The van der Waals surface area contributed by atoms with E-state index in [4.69, 9.17) is 9.31 Å². The molecule has 3 heteroatoms. The Bertz CT molecular complexity index is 334. The molecule has 1 aromatic carbocycles. The van der Waals surface area contributed by atoms with Gasteiger partial charge in [-0.3, -0.25) is 0 Å². The van der Waals surface area contributed by atoms with Crippen LogP contribution in [0.3, 0.4) is 0 Å². The van der Waals surface area contributed by atoms with Crippen LogP contribution < -0.4 is 5.46 Å². The number of hydrogen-bond acceptors (Lipinski definition) is 2. The molecule has 0 atom stereocenters. The Morgan fingerprint density at radius 2 is 1.67 bits per heavy atom. The number of benzene rings is 1. The Morgan fingerprint density at radius 1 is 1.13 bits per heavy atom. The van der Waals surface area contributed by atoms with E-state index >= 15 is 0 Å². The van der Waals surface area contributed by atoms with Crippen molar-refractivity contribution in [2.45, 2.75) is 27.2 Å². The number of aryl methyl sites for hydroxylation is 1. The first kappa shape index (κ1) is 10.7. The lowest BCUT2D eigenvalue weighted by Crippen LogP contribution is -2.39. The van der Waals surface area contributed by atoms with E-state index in [0.29, 0.717) is 13.2 Å². The van der Waals surface area contributed by atoms with Crippen molar-refractivity contribution < 1.29 is 9.31 Å². The molecule has 2 aliphatic rings. The van der Waals surface area contributed by atoms with Crippen molar-refractivity contribution in [2.24, 2.45) is 0 Å². The summed E-state index contributed by atoms with van der Waals surface area (Å²) in [5, 5.41) is 0. The topological polar surface area (TPSA) is 18.5 Å². The second-order valence-electron chi connectivity index (χ2n) is 3.88. The van der Waals surface area contributed by atoms with Crippen molar-refractivity contribution in [1.82, 2.24) is 0 Å². The molecule has 80 valence electrons. The third-order valence-electron chi connectivity index (χ3n) is 2.93. The molecule has 3 rings (SSSR count). The molecule has 0 fully saturated rings. The third-order valence-corrected chi connectivity index (χ3v) is 2.93. The van der Waals surface area contributed by atoms with E-state index in [1.54, 1.807) is 0 Å². The van der Waals surface area contributed by atoms with E-state index in [0.717, 1.165) is 6.42 Å². The molecule has 15 heavy (non-hydrogen) atoms. The minimum atomic E-state index is -0.182. The van der Waals surface area contributed by atoms with Crippen molar-refractivity contribution in [3.8, 4) is 0 Å². The quantitative estimate of drug-likeness (QED) is 0.689. The number of hydrogen-bond donors (Lipinski definition) is 0. The molecule has 2 bridgehead atoms. The van der Waals surface area contributed by atoms with Gasteiger partial charge in [0.25, 0.3) is 0 Å². The summed E-state index contributed by atoms with van der Waals surface area (Å²) < 4.78 is 11.1. The Morgan fingerprint density at radius 3 is 2.07 bits per heavy atom. The van der Waals surface area contributed by atoms with Gasteiger partial charge < -0.3 is 9.31 Å². The highest BCUT2D eigenvalue weighted by molar-refractivity contribution is 6.61. The van der Waals surface area contributed by atoms with Crippen molar-refractivity contribution in [1.29, 1.82) is 0 Å². The predicted octanol–water partition coefficient (Wildman–Crippen LogP) is 1.67. The highest BCUT2D eigenvalue weighted by Gasteiger charge is 2.25. The van der Waals surface area contributed by atoms with Gasteiger partial charge in [-0.15, -0.1) is 0 Å². The highest BCUT2D eigenvalue weighted by atomic mass is 16.6. The largest absolute Gasteiger partial charge is 0.493 e. The maximum atomic E-state index is 5.57. The normalized spacial score (nSPS) is 12.5. The van der Waals surface area contributed by atoms with E-state index in [-0.39, 0.29) is 7.12 Å². The van der Waals surface area contributed by atoms with Crippen molar-refractivity contribution in [2.75, 3.05) is 13.2 Å². The summed E-state index contributed by atoms with van der Waals surface area (Å²) in [5.74, 6) is 0. The molecule has 2 nitrogen and oxygen atoms in total. The molecule has 0 aromatic heterocycles. The second kappa shape index (κ2) is 4.37. The average Bonchev–Trinajstić information content (AvgIpc) is 2.28. The SMILES string of the molecule is CCOB(OCC)c1cc2c(C)c(c1)C2. The first-order valence-corrected chi connectivity index (χ1v) is 5.61. The van der Waals surface area contributed by atoms with E-state index in [1.165, 1.54) is 22.2 Å². The standard InChI is InChI=1S/C12H17BO2/c1-4-14-13(15-5-2)12-7-10-6-11(8-12)9(10)3/h7-8H,4-6H2,1-3H3. The summed E-state index contributed by atoms with van der Waals surface area (Å²) in [6, 6.07) is 4.41. The van der Waals surface area contributed by atoms with E-state index in [2.05, 4.69) is 19.1 Å². The van der Waals surface area contributed by atoms with Crippen LogP contribution in [0.15, 0.2) is 12.1 Å². The average molecular weight is 204 g/mol. The monoisotopic (exact) mass is 204 g/mol. The zero-order chi connectivity index (χ0) is 10.8. The van der Waals surface area contributed by atoms with Gasteiger partial charge in [0, 0.05) is 13.2 Å². The molecule has 0 amide bonds. The lowest BCUT2D eigenvalue weighted by atomic mass is 9.71. The van der Waals surface area contributed by atoms with Gasteiger partial charge in [-0.1, -0.05) is 12.1 Å². The smallest absolute Gasteiger partial charge is 0.408 e. The Labute approximate surface area is 91.7 Å². The molecule has 0 radical (unpaired) electrons. The van der Waals surface area contributed by atoms with Gasteiger partial charge in [-0.25, -0.2) is 0 Å². The molecule has 1 aromatic rings. The third kappa shape index (κ3) is 1.94. The minimum absolute atomic E-state index is 0.182. The lowest BCUT2D eigenvalue weighted by Gasteiger charge is -2.24. The zero-order valence-electron chi connectivity index (χ0n) is 9.67. The fourth-order valence-electron chi connectivity index (χ4n) is 2.01. The maximum Gasteiger partial charge on any atom is 0.493 e. The van der Waals surface area contributed by atoms with Crippen LogP contribution in [0.1, 0.15) is 30.5 Å². The van der Waals surface area contributed by atoms with Gasteiger partial charge in [-0.05, 0) is 49.3 Å². The van der Waals surface area contributed by atoms with Crippen molar-refractivity contribution >= 4 is 12.6 Å². The lowest BCUT2D eigenvalue weighted by molar-refractivity contribution is 0.225. The Balaban J connectivity index is 2.17. The van der Waals surface area contributed by atoms with E-state index < -0.39 is 0 Å². The molecule has 0 N–H and O–H groups in total. The molecule has 0 saturated heterocycles. The van der Waals surface area contributed by atoms with Gasteiger partial charge in [0.05, 0.1) is 0 Å². The van der Waals surface area contributed by atoms with E-state index in [1.807, 2.05) is 13.8 Å². The van der Waals surface area contributed by atoms with Gasteiger partial charge >= 0.3 is 7.12 Å². The zero-order valence-corrected chi connectivity index (χ0v) is 9.67. The summed E-state index contributed by atoms with van der Waals surface area (Å²) in [5.41, 5.74) is 5.48. The van der Waals surface area contributed by atoms with Crippen LogP contribution in [0.5, 0.6) is 0 Å². The molecule has 0 saturated carbocycles. The summed E-state index contributed by atoms with van der Waals surface area (Å²) >= 11 is 0. The van der Waals surface area contributed by atoms with Crippen LogP contribution >= 0.6 is 0 Å². The number of rotatable bonds is 5. The summed E-state index contributed by atoms with van der Waals surface area (Å²) in [4.78, 5) is 0. The molecular formula is C12H17BO2. The summed E-state index contributed by atoms with van der Waals surface area (Å²) in [6.45, 7) is 7.53. The molecular weight excluding hydrogens is 187 g/mol.